The second-order valence-corrected chi connectivity index (χ2v) is 2.42. The van der Waals surface area contributed by atoms with Crippen LogP contribution in [-0.2, 0) is 0 Å². The molecule has 0 saturated carbocycles. The van der Waals surface area contributed by atoms with Crippen molar-refractivity contribution in [2.24, 2.45) is 0 Å². The van der Waals surface area contributed by atoms with E-state index < -0.39 is 0 Å². The van der Waals surface area contributed by atoms with Gasteiger partial charge in [-0.2, -0.15) is 0 Å². The molecule has 0 aliphatic rings. The van der Waals surface area contributed by atoms with Gasteiger partial charge < -0.3 is 11.1 Å². The largest absolute Gasteiger partial charge is 0.396 e. The number of nitrogen functional groups attached to an aromatic ring is 1. The number of pyridine rings is 1. The van der Waals surface area contributed by atoms with Crippen molar-refractivity contribution < 1.29 is 0 Å². The van der Waals surface area contributed by atoms with Gasteiger partial charge in [0.25, 0.3) is 0 Å². The molecule has 0 amide bonds. The van der Waals surface area contributed by atoms with Crippen molar-refractivity contribution in [3.63, 3.8) is 0 Å². The zero-order valence-electron chi connectivity index (χ0n) is 6.89. The van der Waals surface area contributed by atoms with Gasteiger partial charge in [0.15, 0.2) is 0 Å². The normalized spacial score (nSPS) is 9.64. The van der Waals surface area contributed by atoms with E-state index >= 15 is 0 Å². The molecule has 0 bridgehead atoms. The number of anilines is 2. The molecule has 1 heterocycles. The third kappa shape index (κ3) is 1.83. The Morgan fingerprint density at radius 3 is 2.91 bits per heavy atom. The summed E-state index contributed by atoms with van der Waals surface area (Å²) in [6.07, 6.45) is 0. The van der Waals surface area contributed by atoms with Crippen LogP contribution in [0.25, 0.3) is 0 Å². The van der Waals surface area contributed by atoms with Gasteiger partial charge >= 0.3 is 0 Å². The molecule has 0 aromatic carbocycles. The van der Waals surface area contributed by atoms with E-state index in [1.54, 1.807) is 0 Å². The highest BCUT2D eigenvalue weighted by Gasteiger charge is 1.97. The van der Waals surface area contributed by atoms with Crippen LogP contribution in [0.5, 0.6) is 0 Å². The van der Waals surface area contributed by atoms with Crippen molar-refractivity contribution in [1.82, 2.24) is 4.98 Å². The standard InChI is InChI=1S/C8H13N3/c1-3-10-8-7(9)5-4-6(2)11-8/h4-5H,3,9H2,1-2H3,(H,10,11). The summed E-state index contributed by atoms with van der Waals surface area (Å²) in [5, 5.41) is 3.08. The lowest BCUT2D eigenvalue weighted by molar-refractivity contribution is 1.13. The van der Waals surface area contributed by atoms with Gasteiger partial charge in [-0.1, -0.05) is 0 Å². The van der Waals surface area contributed by atoms with Crippen molar-refractivity contribution >= 4 is 11.5 Å². The van der Waals surface area contributed by atoms with Gasteiger partial charge in [0, 0.05) is 12.2 Å². The van der Waals surface area contributed by atoms with Gasteiger partial charge in [-0.05, 0) is 26.0 Å². The number of hydrogen-bond acceptors (Lipinski definition) is 3. The van der Waals surface area contributed by atoms with Crippen LogP contribution in [-0.4, -0.2) is 11.5 Å². The maximum atomic E-state index is 5.65. The molecular weight excluding hydrogens is 138 g/mol. The lowest BCUT2D eigenvalue weighted by Crippen LogP contribution is -2.03. The highest BCUT2D eigenvalue weighted by atomic mass is 15.0. The maximum Gasteiger partial charge on any atom is 0.149 e. The Bertz CT molecular complexity index is 245. The highest BCUT2D eigenvalue weighted by Crippen LogP contribution is 2.14. The second-order valence-electron chi connectivity index (χ2n) is 2.42. The first-order valence-electron chi connectivity index (χ1n) is 3.71. The first-order chi connectivity index (χ1) is 5.24. The van der Waals surface area contributed by atoms with Crippen LogP contribution >= 0.6 is 0 Å². The Kier molecular flexibility index (Phi) is 2.31. The topological polar surface area (TPSA) is 50.9 Å². The van der Waals surface area contributed by atoms with E-state index in [0.29, 0.717) is 5.69 Å². The van der Waals surface area contributed by atoms with E-state index in [1.807, 2.05) is 26.0 Å². The summed E-state index contributed by atoms with van der Waals surface area (Å²) in [5.74, 6) is 0.785. The number of nitrogens with one attached hydrogen (secondary N) is 1. The summed E-state index contributed by atoms with van der Waals surface area (Å²) in [4.78, 5) is 4.23. The van der Waals surface area contributed by atoms with Crippen molar-refractivity contribution in [2.45, 2.75) is 13.8 Å². The summed E-state index contributed by atoms with van der Waals surface area (Å²) < 4.78 is 0. The third-order valence-electron chi connectivity index (χ3n) is 1.41. The molecular formula is C8H13N3. The number of hydrogen-bond donors (Lipinski definition) is 2. The van der Waals surface area contributed by atoms with Crippen LogP contribution in [0.2, 0.25) is 0 Å². The molecule has 1 aromatic rings. The number of nitrogens with zero attached hydrogens (tertiary/aromatic N) is 1. The molecule has 11 heavy (non-hydrogen) atoms. The van der Waals surface area contributed by atoms with E-state index in [4.69, 9.17) is 5.73 Å². The van der Waals surface area contributed by atoms with Crippen molar-refractivity contribution in [3.8, 4) is 0 Å². The van der Waals surface area contributed by atoms with Crippen molar-refractivity contribution in [2.75, 3.05) is 17.6 Å². The Morgan fingerprint density at radius 2 is 2.27 bits per heavy atom. The Hall–Kier alpha value is -1.25. The Labute approximate surface area is 66.6 Å². The van der Waals surface area contributed by atoms with Crippen LogP contribution in [0.1, 0.15) is 12.6 Å². The molecule has 3 N–H and O–H groups in total. The van der Waals surface area contributed by atoms with Crippen LogP contribution in [0.4, 0.5) is 11.5 Å². The summed E-state index contributed by atoms with van der Waals surface area (Å²) in [6, 6.07) is 3.76. The minimum atomic E-state index is 0.706. The molecule has 0 unspecified atom stereocenters. The number of rotatable bonds is 2. The van der Waals surface area contributed by atoms with Gasteiger partial charge in [-0.15, -0.1) is 0 Å². The van der Waals surface area contributed by atoms with Crippen LogP contribution in [0.3, 0.4) is 0 Å². The summed E-state index contributed by atoms with van der Waals surface area (Å²) >= 11 is 0. The van der Waals surface area contributed by atoms with E-state index in [2.05, 4.69) is 10.3 Å². The predicted molar refractivity (Wildman–Crippen MR) is 47.6 cm³/mol. The van der Waals surface area contributed by atoms with E-state index in [-0.39, 0.29) is 0 Å². The first kappa shape index (κ1) is 7.85. The molecule has 0 aliphatic carbocycles. The van der Waals surface area contributed by atoms with Gasteiger partial charge in [0.1, 0.15) is 5.82 Å². The highest BCUT2D eigenvalue weighted by molar-refractivity contribution is 5.60. The minimum absolute atomic E-state index is 0.706. The number of aromatic nitrogens is 1. The molecule has 3 nitrogen and oxygen atoms in total. The van der Waals surface area contributed by atoms with E-state index in [0.717, 1.165) is 18.1 Å². The second kappa shape index (κ2) is 3.23. The van der Waals surface area contributed by atoms with Crippen molar-refractivity contribution in [3.05, 3.63) is 17.8 Å². The molecule has 0 radical (unpaired) electrons. The zero-order chi connectivity index (χ0) is 8.27. The van der Waals surface area contributed by atoms with Crippen molar-refractivity contribution in [1.29, 1.82) is 0 Å². The average molecular weight is 151 g/mol. The Balaban J connectivity index is 2.93. The first-order valence-corrected chi connectivity index (χ1v) is 3.71. The van der Waals surface area contributed by atoms with E-state index in [9.17, 15) is 0 Å². The quantitative estimate of drug-likeness (QED) is 0.671. The lowest BCUT2D eigenvalue weighted by atomic mass is 10.3. The van der Waals surface area contributed by atoms with Gasteiger partial charge in [-0.25, -0.2) is 4.98 Å². The molecule has 0 spiro atoms. The minimum Gasteiger partial charge on any atom is -0.396 e. The van der Waals surface area contributed by atoms with Gasteiger partial charge in [0.05, 0.1) is 5.69 Å². The predicted octanol–water partition coefficient (Wildman–Crippen LogP) is 1.40. The summed E-state index contributed by atoms with van der Waals surface area (Å²) in [7, 11) is 0. The molecule has 60 valence electrons. The fourth-order valence-corrected chi connectivity index (χ4v) is 0.877. The number of aryl methyl sites for hydroxylation is 1. The molecule has 0 atom stereocenters. The molecule has 0 fully saturated rings. The molecule has 3 heteroatoms. The average Bonchev–Trinajstić information content (AvgIpc) is 1.98. The van der Waals surface area contributed by atoms with Crippen LogP contribution in [0.15, 0.2) is 12.1 Å². The maximum absolute atomic E-state index is 5.65. The smallest absolute Gasteiger partial charge is 0.149 e. The monoisotopic (exact) mass is 151 g/mol. The fraction of sp³-hybridized carbons (Fsp3) is 0.375. The summed E-state index contributed by atoms with van der Waals surface area (Å²) in [6.45, 7) is 4.81. The lowest BCUT2D eigenvalue weighted by Gasteiger charge is -2.05. The fourth-order valence-electron chi connectivity index (χ4n) is 0.877. The molecule has 1 aromatic heterocycles. The Morgan fingerprint density at radius 1 is 1.55 bits per heavy atom. The molecule has 1 rings (SSSR count). The van der Waals surface area contributed by atoms with Crippen LogP contribution < -0.4 is 11.1 Å². The van der Waals surface area contributed by atoms with Gasteiger partial charge in [0.2, 0.25) is 0 Å². The molecule has 0 saturated heterocycles. The molecule has 0 aliphatic heterocycles. The number of nitrogens with two attached hydrogens (primary N) is 1. The SMILES string of the molecule is CCNc1nc(C)ccc1N. The third-order valence-corrected chi connectivity index (χ3v) is 1.41. The summed E-state index contributed by atoms with van der Waals surface area (Å²) in [5.41, 5.74) is 7.34. The van der Waals surface area contributed by atoms with Gasteiger partial charge in [-0.3, -0.25) is 0 Å². The zero-order valence-corrected chi connectivity index (χ0v) is 6.89. The van der Waals surface area contributed by atoms with E-state index in [1.165, 1.54) is 0 Å². The van der Waals surface area contributed by atoms with Crippen LogP contribution in [0, 0.1) is 6.92 Å².